The SMILES string of the molecule is O=C(NCSCSCSC/N=C\[S+]([O-])CSCSCSC(=O)NCSCSCSC/N=C/OOCCSCCO)OCCSCCO. The molecule has 0 aromatic carbocycles. The predicted molar refractivity (Wildman–Crippen MR) is 226 cm³/mol. The van der Waals surface area contributed by atoms with Crippen LogP contribution >= 0.6 is 129 Å². The van der Waals surface area contributed by atoms with Crippen molar-refractivity contribution >= 4 is 164 Å². The molecule has 47 heavy (non-hydrogen) atoms. The molecule has 0 aliphatic heterocycles. The second-order valence-corrected chi connectivity index (χ2v) is 22.5. The number of carbonyl (C=O) groups is 2. The summed E-state index contributed by atoms with van der Waals surface area (Å²) in [6.07, 6.45) is 0.871. The molecule has 276 valence electrons. The lowest BCUT2D eigenvalue weighted by Gasteiger charge is -2.06. The molecule has 0 fully saturated rings. The number of rotatable bonds is 35. The average molecular weight is 889 g/mol. The van der Waals surface area contributed by atoms with Crippen molar-refractivity contribution in [1.82, 2.24) is 10.6 Å². The molecule has 4 N–H and O–H groups in total. The molecule has 0 saturated carbocycles. The molecule has 0 rings (SSSR count). The van der Waals surface area contributed by atoms with Crippen LogP contribution in [0.2, 0.25) is 0 Å². The van der Waals surface area contributed by atoms with Gasteiger partial charge in [0.1, 0.15) is 13.2 Å². The Morgan fingerprint density at radius 2 is 1.30 bits per heavy atom. The van der Waals surface area contributed by atoms with Gasteiger partial charge in [0.05, 0.1) is 36.7 Å². The first-order valence-corrected chi connectivity index (χ1v) is 27.5. The van der Waals surface area contributed by atoms with E-state index in [1.54, 1.807) is 106 Å². The summed E-state index contributed by atoms with van der Waals surface area (Å²) in [5.41, 5.74) is 1.50. The highest BCUT2D eigenvalue weighted by atomic mass is 32.3. The van der Waals surface area contributed by atoms with Gasteiger partial charge in [-0.25, -0.2) is 14.8 Å². The normalized spacial score (nSPS) is 12.1. The molecule has 0 radical (unpaired) electrons. The maximum atomic E-state index is 12.0. The molecule has 0 saturated heterocycles. The number of nitrogens with zero attached hydrogens (tertiary/aromatic N) is 2. The molecular weight excluding hydrogens is 845 g/mol. The van der Waals surface area contributed by atoms with E-state index in [1.165, 1.54) is 35.5 Å². The Labute approximate surface area is 328 Å². The van der Waals surface area contributed by atoms with E-state index in [9.17, 15) is 14.1 Å². The van der Waals surface area contributed by atoms with Gasteiger partial charge in [-0.3, -0.25) is 4.79 Å². The number of nitrogens with one attached hydrogen (secondary N) is 2. The lowest BCUT2D eigenvalue weighted by atomic mass is 10.8. The van der Waals surface area contributed by atoms with Crippen LogP contribution in [0.4, 0.5) is 9.59 Å². The summed E-state index contributed by atoms with van der Waals surface area (Å²) in [5.74, 6) is 4.97. The van der Waals surface area contributed by atoms with Crippen molar-refractivity contribution in [3.63, 3.8) is 0 Å². The molecule has 2 amide bonds. The quantitative estimate of drug-likeness (QED) is 0.0115. The Kier molecular flexibility index (Phi) is 44.1. The first-order valence-electron chi connectivity index (χ1n) is 13.5. The van der Waals surface area contributed by atoms with E-state index in [4.69, 9.17) is 24.7 Å². The van der Waals surface area contributed by atoms with Gasteiger partial charge in [-0.2, -0.15) is 28.4 Å². The number of aliphatic imine (C=N–C) groups is 2. The molecule has 0 spiro atoms. The zero-order valence-electron chi connectivity index (χ0n) is 25.7. The van der Waals surface area contributed by atoms with Gasteiger partial charge >= 0.3 is 6.09 Å². The molecule has 0 aromatic heterocycles. The highest BCUT2D eigenvalue weighted by Crippen LogP contribution is 2.21. The standard InChI is InChI=1S/C23H44N4O8S12/c28-1-5-36-7-3-33-22(30)26-12-40-17-43-16-39-11-25-14-47(32)21-45-19-44-20-46-23(31)27-13-41-18-42-15-38-10-24-9-35-34-4-8-37-6-2-29/h9,14,28-29H,1-8,10-13,15-21H2,(H,26,30)(H,27,31)/b24-9+,25-14-. The second-order valence-electron chi connectivity index (χ2n) is 7.47. The van der Waals surface area contributed by atoms with Gasteiger partial charge in [0.15, 0.2) is 5.08 Å². The van der Waals surface area contributed by atoms with Crippen LogP contribution in [0.3, 0.4) is 0 Å². The number of carbonyl (C=O) groups excluding carboxylic acids is 2. The van der Waals surface area contributed by atoms with Gasteiger partial charge in [-0.15, -0.1) is 82.3 Å². The minimum atomic E-state index is -1.12. The highest BCUT2D eigenvalue weighted by Gasteiger charge is 2.05. The van der Waals surface area contributed by atoms with Crippen molar-refractivity contribution in [3.8, 4) is 0 Å². The Bertz CT molecular complexity index is 775. The number of aliphatic hydroxyl groups is 2. The lowest BCUT2D eigenvalue weighted by molar-refractivity contribution is -0.210. The summed E-state index contributed by atoms with van der Waals surface area (Å²) in [6.45, 7) is 1.07. The first-order chi connectivity index (χ1) is 23.1. The number of amides is 2. The molecular formula is C23H44N4O8S12. The van der Waals surface area contributed by atoms with Crippen LogP contribution < -0.4 is 10.6 Å². The van der Waals surface area contributed by atoms with Crippen molar-refractivity contribution in [2.24, 2.45) is 9.98 Å². The Morgan fingerprint density at radius 3 is 2.00 bits per heavy atom. The molecule has 0 aliphatic carbocycles. The average Bonchev–Trinajstić information content (AvgIpc) is 3.06. The van der Waals surface area contributed by atoms with Crippen molar-refractivity contribution in [3.05, 3.63) is 0 Å². The third-order valence-corrected chi connectivity index (χ3v) is 17.3. The number of hydrogen-bond acceptors (Lipinski definition) is 21. The Hall–Kier alpha value is 1.92. The van der Waals surface area contributed by atoms with Crippen LogP contribution in [0.25, 0.3) is 0 Å². The molecule has 0 aromatic rings. The van der Waals surface area contributed by atoms with E-state index in [1.807, 2.05) is 0 Å². The number of aliphatic hydroxyl groups excluding tert-OH is 2. The number of ether oxygens (including phenoxy) is 1. The predicted octanol–water partition coefficient (Wildman–Crippen LogP) is 5.76. The van der Waals surface area contributed by atoms with Crippen molar-refractivity contribution < 1.29 is 38.9 Å². The summed E-state index contributed by atoms with van der Waals surface area (Å²) in [4.78, 5) is 41.5. The van der Waals surface area contributed by atoms with E-state index in [0.29, 0.717) is 64.1 Å². The van der Waals surface area contributed by atoms with Gasteiger partial charge in [0.25, 0.3) is 5.24 Å². The van der Waals surface area contributed by atoms with Crippen LogP contribution in [-0.2, 0) is 25.7 Å². The maximum Gasteiger partial charge on any atom is 0.407 e. The molecule has 0 heterocycles. The number of hydrogen-bond donors (Lipinski definition) is 4. The van der Waals surface area contributed by atoms with Crippen LogP contribution in [0.15, 0.2) is 9.98 Å². The number of thioether (sulfide) groups is 11. The molecule has 12 nitrogen and oxygen atoms in total. The molecule has 0 aliphatic rings. The largest absolute Gasteiger partial charge is 0.610 e. The van der Waals surface area contributed by atoms with Crippen LogP contribution in [0, 0.1) is 0 Å². The third-order valence-electron chi connectivity index (χ3n) is 3.90. The molecule has 1 unspecified atom stereocenters. The molecule has 0 bridgehead atoms. The second kappa shape index (κ2) is 42.3. The van der Waals surface area contributed by atoms with E-state index in [2.05, 4.69) is 20.6 Å². The summed E-state index contributed by atoms with van der Waals surface area (Å²) in [6, 6.07) is 0. The van der Waals surface area contributed by atoms with E-state index < -0.39 is 17.3 Å². The van der Waals surface area contributed by atoms with E-state index >= 15 is 0 Å². The van der Waals surface area contributed by atoms with Crippen LogP contribution in [-0.4, -0.2) is 147 Å². The zero-order valence-corrected chi connectivity index (χ0v) is 35.5. The van der Waals surface area contributed by atoms with E-state index in [0.717, 1.165) is 31.2 Å². The molecule has 1 atom stereocenters. The van der Waals surface area contributed by atoms with Gasteiger partial charge < -0.3 is 35.0 Å². The van der Waals surface area contributed by atoms with Gasteiger partial charge in [0, 0.05) is 64.7 Å². The summed E-state index contributed by atoms with van der Waals surface area (Å²) < 4.78 is 17.1. The Balaban J connectivity index is 3.38. The summed E-state index contributed by atoms with van der Waals surface area (Å²) >= 11 is 16.5. The highest BCUT2D eigenvalue weighted by molar-refractivity contribution is 8.29. The smallest absolute Gasteiger partial charge is 0.407 e. The van der Waals surface area contributed by atoms with Gasteiger partial charge in [-0.05, 0) is 0 Å². The van der Waals surface area contributed by atoms with Crippen molar-refractivity contribution in [1.29, 1.82) is 0 Å². The fraction of sp³-hybridized carbons (Fsp3) is 0.826. The minimum absolute atomic E-state index is 0.0410. The van der Waals surface area contributed by atoms with Gasteiger partial charge in [-0.1, -0.05) is 23.5 Å². The van der Waals surface area contributed by atoms with Crippen LogP contribution in [0.5, 0.6) is 0 Å². The van der Waals surface area contributed by atoms with Crippen molar-refractivity contribution in [2.45, 2.75) is 0 Å². The Morgan fingerprint density at radius 1 is 0.702 bits per heavy atom. The lowest BCUT2D eigenvalue weighted by Crippen LogP contribution is -2.24. The summed E-state index contributed by atoms with van der Waals surface area (Å²) in [5, 5.41) is 28.2. The fourth-order valence-corrected chi connectivity index (χ4v) is 13.4. The fourth-order valence-electron chi connectivity index (χ4n) is 2.10. The van der Waals surface area contributed by atoms with Crippen LogP contribution in [0.1, 0.15) is 0 Å². The van der Waals surface area contributed by atoms with E-state index in [-0.39, 0.29) is 18.5 Å². The third kappa shape index (κ3) is 42.2. The zero-order chi connectivity index (χ0) is 34.3. The molecule has 24 heteroatoms. The first kappa shape index (κ1) is 48.9. The monoisotopic (exact) mass is 888 g/mol. The maximum absolute atomic E-state index is 12.0. The minimum Gasteiger partial charge on any atom is -0.610 e. The topological polar surface area (TPSA) is 174 Å². The van der Waals surface area contributed by atoms with Gasteiger partial charge in [0.2, 0.25) is 11.9 Å². The summed E-state index contributed by atoms with van der Waals surface area (Å²) in [7, 11) is 0. The number of alkyl carbamates (subject to hydrolysis) is 1. The van der Waals surface area contributed by atoms with Crippen molar-refractivity contribution in [2.75, 3.05) is 109 Å².